The van der Waals surface area contributed by atoms with Crippen molar-refractivity contribution in [1.82, 2.24) is 4.90 Å². The van der Waals surface area contributed by atoms with Crippen LogP contribution in [0.3, 0.4) is 0 Å². The molecule has 0 radical (unpaired) electrons. The number of nitro benzene ring substituents is 1. The molecule has 0 aliphatic carbocycles. The van der Waals surface area contributed by atoms with Crippen molar-refractivity contribution in [2.24, 2.45) is 0 Å². The highest BCUT2D eigenvalue weighted by molar-refractivity contribution is 8.18. The van der Waals surface area contributed by atoms with Gasteiger partial charge in [-0.3, -0.25) is 29.4 Å². The maximum atomic E-state index is 12.3. The van der Waals surface area contributed by atoms with Gasteiger partial charge in [0.2, 0.25) is 0 Å². The van der Waals surface area contributed by atoms with Gasteiger partial charge in [-0.25, -0.2) is 0 Å². The summed E-state index contributed by atoms with van der Waals surface area (Å²) >= 11 is 0.762. The van der Waals surface area contributed by atoms with Crippen LogP contribution < -0.4 is 0 Å². The summed E-state index contributed by atoms with van der Waals surface area (Å²) in [4.78, 5) is 46.3. The number of carbonyl (C=O) groups excluding carboxylic acids is 2. The molecule has 0 bridgehead atoms. The number of rotatable bonds is 7. The molecule has 1 aliphatic heterocycles. The Balaban J connectivity index is 1.72. The molecular formula is C18H14N2O7S. The molecule has 0 atom stereocenters. The molecule has 0 spiro atoms. The van der Waals surface area contributed by atoms with Crippen LogP contribution in [-0.4, -0.2) is 38.6 Å². The lowest BCUT2D eigenvalue weighted by atomic mass is 10.1. The largest absolute Gasteiger partial charge is 0.481 e. The van der Waals surface area contributed by atoms with Crippen molar-refractivity contribution in [3.05, 3.63) is 57.2 Å². The van der Waals surface area contributed by atoms with E-state index in [2.05, 4.69) is 0 Å². The molecular weight excluding hydrogens is 388 g/mol. The number of carboxylic acid groups (broad SMARTS) is 1. The number of imide groups is 1. The van der Waals surface area contributed by atoms with Gasteiger partial charge in [-0.2, -0.15) is 0 Å². The number of amides is 2. The molecule has 0 unspecified atom stereocenters. The molecule has 0 saturated carbocycles. The number of thioether (sulfide) groups is 1. The minimum Gasteiger partial charge on any atom is -0.481 e. The first-order valence-electron chi connectivity index (χ1n) is 8.17. The van der Waals surface area contributed by atoms with Gasteiger partial charge in [0.25, 0.3) is 16.8 Å². The first-order valence-corrected chi connectivity index (χ1v) is 8.98. The van der Waals surface area contributed by atoms with Gasteiger partial charge in [0.15, 0.2) is 0 Å². The Morgan fingerprint density at radius 3 is 2.57 bits per heavy atom. The van der Waals surface area contributed by atoms with Crippen molar-refractivity contribution >= 4 is 40.6 Å². The van der Waals surface area contributed by atoms with E-state index in [1.54, 1.807) is 24.3 Å². The molecule has 3 rings (SSSR count). The highest BCUT2D eigenvalue weighted by atomic mass is 32.2. The molecule has 1 saturated heterocycles. The van der Waals surface area contributed by atoms with Crippen LogP contribution in [0.2, 0.25) is 0 Å². The molecule has 1 fully saturated rings. The molecule has 1 aliphatic rings. The lowest BCUT2D eigenvalue weighted by molar-refractivity contribution is -0.384. The van der Waals surface area contributed by atoms with Crippen molar-refractivity contribution in [3.8, 4) is 11.3 Å². The average Bonchev–Trinajstić information content (AvgIpc) is 3.22. The van der Waals surface area contributed by atoms with Crippen LogP contribution in [0.1, 0.15) is 18.6 Å². The van der Waals surface area contributed by atoms with E-state index >= 15 is 0 Å². The van der Waals surface area contributed by atoms with Crippen LogP contribution in [-0.2, 0) is 9.59 Å². The second-order valence-electron chi connectivity index (χ2n) is 5.84. The zero-order chi connectivity index (χ0) is 20.3. The molecule has 9 nitrogen and oxygen atoms in total. The van der Waals surface area contributed by atoms with Crippen LogP contribution >= 0.6 is 11.8 Å². The second kappa shape index (κ2) is 8.09. The summed E-state index contributed by atoms with van der Waals surface area (Å²) in [6.07, 6.45) is 1.50. The highest BCUT2D eigenvalue weighted by Crippen LogP contribution is 2.33. The average molecular weight is 402 g/mol. The number of non-ortho nitro benzene ring substituents is 1. The fourth-order valence-electron chi connectivity index (χ4n) is 2.54. The van der Waals surface area contributed by atoms with E-state index in [1.165, 1.54) is 18.2 Å². The Morgan fingerprint density at radius 1 is 1.21 bits per heavy atom. The summed E-state index contributed by atoms with van der Waals surface area (Å²) in [6, 6.07) is 9.10. The number of furan rings is 1. The Morgan fingerprint density at radius 2 is 1.93 bits per heavy atom. The minimum atomic E-state index is -0.989. The summed E-state index contributed by atoms with van der Waals surface area (Å²) < 4.78 is 5.64. The van der Waals surface area contributed by atoms with Gasteiger partial charge in [0.1, 0.15) is 11.5 Å². The van der Waals surface area contributed by atoms with Crippen LogP contribution in [0.5, 0.6) is 0 Å². The van der Waals surface area contributed by atoms with Crippen LogP contribution in [0, 0.1) is 10.1 Å². The van der Waals surface area contributed by atoms with E-state index in [0.717, 1.165) is 16.7 Å². The van der Waals surface area contributed by atoms with Crippen LogP contribution in [0.15, 0.2) is 45.7 Å². The number of carboxylic acids is 1. The predicted molar refractivity (Wildman–Crippen MR) is 100 cm³/mol. The van der Waals surface area contributed by atoms with Gasteiger partial charge in [-0.15, -0.1) is 0 Å². The van der Waals surface area contributed by atoms with Gasteiger partial charge in [-0.1, -0.05) is 0 Å². The summed E-state index contributed by atoms with van der Waals surface area (Å²) in [5.41, 5.74) is 0.596. The topological polar surface area (TPSA) is 131 Å². The van der Waals surface area contributed by atoms with E-state index in [0.29, 0.717) is 17.1 Å². The smallest absolute Gasteiger partial charge is 0.303 e. The Kier molecular flexibility index (Phi) is 5.59. The fourth-order valence-corrected chi connectivity index (χ4v) is 3.39. The molecule has 28 heavy (non-hydrogen) atoms. The highest BCUT2D eigenvalue weighted by Gasteiger charge is 2.34. The van der Waals surface area contributed by atoms with Crippen LogP contribution in [0.4, 0.5) is 10.5 Å². The van der Waals surface area contributed by atoms with Crippen LogP contribution in [0.25, 0.3) is 17.4 Å². The normalized spacial score (nSPS) is 15.4. The molecule has 2 heterocycles. The number of hydrogen-bond donors (Lipinski definition) is 1. The SMILES string of the molecule is O=C(O)CCCN1C(=O)SC(=Cc2ccc(-c3ccc([N+](=O)[O-])cc3)o2)C1=O. The summed E-state index contributed by atoms with van der Waals surface area (Å²) in [7, 11) is 0. The van der Waals surface area contributed by atoms with Gasteiger partial charge in [-0.05, 0) is 42.4 Å². The maximum Gasteiger partial charge on any atom is 0.303 e. The second-order valence-corrected chi connectivity index (χ2v) is 6.83. The maximum absolute atomic E-state index is 12.3. The summed E-state index contributed by atoms with van der Waals surface area (Å²) in [5.74, 6) is -0.670. The van der Waals surface area contributed by atoms with E-state index in [-0.39, 0.29) is 30.0 Å². The fraction of sp³-hybridized carbons (Fsp3) is 0.167. The van der Waals surface area contributed by atoms with Crippen molar-refractivity contribution < 1.29 is 28.8 Å². The van der Waals surface area contributed by atoms with E-state index < -0.39 is 22.0 Å². The Hall–Kier alpha value is -3.40. The molecule has 1 aromatic carbocycles. The number of carbonyl (C=O) groups is 3. The number of aliphatic carboxylic acids is 1. The predicted octanol–water partition coefficient (Wildman–Crippen LogP) is 3.76. The number of hydrogen-bond acceptors (Lipinski definition) is 7. The zero-order valence-corrected chi connectivity index (χ0v) is 15.2. The standard InChI is InChI=1S/C18H14N2O7S/c21-16(22)2-1-9-19-17(23)15(28-18(19)24)10-13-7-8-14(27-13)11-3-5-12(6-4-11)20(25)26/h3-8,10H,1-2,9H2,(H,21,22). The molecule has 1 N–H and O–H groups in total. The number of nitrogens with zero attached hydrogens (tertiary/aromatic N) is 2. The molecule has 2 aromatic rings. The zero-order valence-electron chi connectivity index (χ0n) is 14.4. The van der Waals surface area contributed by atoms with Gasteiger partial charge < -0.3 is 9.52 Å². The number of benzene rings is 1. The van der Waals surface area contributed by atoms with E-state index in [9.17, 15) is 24.5 Å². The van der Waals surface area contributed by atoms with Crippen molar-refractivity contribution in [3.63, 3.8) is 0 Å². The van der Waals surface area contributed by atoms with E-state index in [1.807, 2.05) is 0 Å². The molecule has 1 aromatic heterocycles. The third-order valence-corrected chi connectivity index (χ3v) is 4.82. The monoisotopic (exact) mass is 402 g/mol. The Bertz CT molecular complexity index is 978. The van der Waals surface area contributed by atoms with E-state index in [4.69, 9.17) is 9.52 Å². The van der Waals surface area contributed by atoms with Crippen molar-refractivity contribution in [1.29, 1.82) is 0 Å². The van der Waals surface area contributed by atoms with Gasteiger partial charge in [0, 0.05) is 36.7 Å². The lowest BCUT2D eigenvalue weighted by Crippen LogP contribution is -2.29. The summed E-state index contributed by atoms with van der Waals surface area (Å²) in [6.45, 7) is 0.0422. The molecule has 2 amide bonds. The third kappa shape index (κ3) is 4.29. The Labute approximate surface area is 162 Å². The summed E-state index contributed by atoms with van der Waals surface area (Å²) in [5, 5.41) is 18.9. The van der Waals surface area contributed by atoms with Gasteiger partial charge in [0.05, 0.1) is 9.83 Å². The van der Waals surface area contributed by atoms with Gasteiger partial charge >= 0.3 is 5.97 Å². The molecule has 10 heteroatoms. The lowest BCUT2D eigenvalue weighted by Gasteiger charge is -2.10. The number of nitro groups is 1. The van der Waals surface area contributed by atoms with Crippen molar-refractivity contribution in [2.75, 3.05) is 6.54 Å². The third-order valence-electron chi connectivity index (χ3n) is 3.91. The minimum absolute atomic E-state index is 0.0351. The first-order chi connectivity index (χ1) is 13.3. The molecule has 144 valence electrons. The van der Waals surface area contributed by atoms with Crippen molar-refractivity contribution in [2.45, 2.75) is 12.8 Å². The first kappa shape index (κ1) is 19.4. The quantitative estimate of drug-likeness (QED) is 0.421.